The molecule has 0 unspecified atom stereocenters. The van der Waals surface area contributed by atoms with Crippen LogP contribution in [0.15, 0.2) is 66.2 Å². The van der Waals surface area contributed by atoms with Crippen molar-refractivity contribution in [1.29, 1.82) is 0 Å². The van der Waals surface area contributed by atoms with Crippen LogP contribution < -0.4 is 5.32 Å². The lowest BCUT2D eigenvalue weighted by Gasteiger charge is -2.15. The number of aromatic nitrogens is 6. The maximum atomic E-state index is 13.1. The van der Waals surface area contributed by atoms with Gasteiger partial charge in [0.1, 0.15) is 0 Å². The van der Waals surface area contributed by atoms with E-state index in [9.17, 15) is 4.79 Å². The highest BCUT2D eigenvalue weighted by atomic mass is 32.2. The van der Waals surface area contributed by atoms with Gasteiger partial charge in [0, 0.05) is 36.8 Å². The fraction of sp³-hybridized carbons (Fsp3) is 0.296. The van der Waals surface area contributed by atoms with Gasteiger partial charge in [-0.2, -0.15) is 4.52 Å². The van der Waals surface area contributed by atoms with Crippen molar-refractivity contribution in [2.45, 2.75) is 57.1 Å². The third kappa shape index (κ3) is 5.11. The first kappa shape index (κ1) is 24.0. The molecule has 0 saturated carbocycles. The fourth-order valence-electron chi connectivity index (χ4n) is 4.06. The monoisotopic (exact) mass is 499 g/mol. The molecule has 0 radical (unpaired) electrons. The van der Waals surface area contributed by atoms with E-state index in [-0.39, 0.29) is 11.2 Å². The summed E-state index contributed by atoms with van der Waals surface area (Å²) in [6.45, 7) is 7.35. The van der Waals surface area contributed by atoms with E-state index in [1.54, 1.807) is 4.52 Å². The van der Waals surface area contributed by atoms with Crippen molar-refractivity contribution in [2.75, 3.05) is 0 Å². The molecule has 5 rings (SSSR count). The highest BCUT2D eigenvalue weighted by Gasteiger charge is 2.22. The highest BCUT2D eigenvalue weighted by Crippen LogP contribution is 2.28. The van der Waals surface area contributed by atoms with Gasteiger partial charge in [-0.3, -0.25) is 4.79 Å². The number of nitrogens with one attached hydrogen (secondary N) is 1. The van der Waals surface area contributed by atoms with Crippen LogP contribution in [0.25, 0.3) is 16.6 Å². The molecular weight excluding hydrogens is 470 g/mol. The number of thioether (sulfide) groups is 1. The van der Waals surface area contributed by atoms with E-state index in [2.05, 4.69) is 33.9 Å². The summed E-state index contributed by atoms with van der Waals surface area (Å²) < 4.78 is 3.88. The normalized spacial score (nSPS) is 12.3. The van der Waals surface area contributed by atoms with Crippen LogP contribution in [0.2, 0.25) is 0 Å². The van der Waals surface area contributed by atoms with E-state index in [1.165, 1.54) is 17.3 Å². The van der Waals surface area contributed by atoms with E-state index in [4.69, 9.17) is 15.1 Å². The number of carbonyl (C=O) groups is 1. The van der Waals surface area contributed by atoms with Crippen molar-refractivity contribution in [2.24, 2.45) is 0 Å². The first-order chi connectivity index (χ1) is 17.5. The van der Waals surface area contributed by atoms with Crippen molar-refractivity contribution in [3.63, 3.8) is 0 Å². The molecule has 0 aliphatic rings. The molecule has 0 bridgehead atoms. The third-order valence-corrected chi connectivity index (χ3v) is 7.50. The molecular formula is C27H29N7OS. The Balaban J connectivity index is 1.40. The van der Waals surface area contributed by atoms with Gasteiger partial charge in [0.05, 0.1) is 17.1 Å². The Morgan fingerprint density at radius 3 is 2.64 bits per heavy atom. The predicted octanol–water partition coefficient (Wildman–Crippen LogP) is 4.52. The Labute approximate surface area is 214 Å². The van der Waals surface area contributed by atoms with E-state index in [1.807, 2.05) is 62.8 Å². The number of rotatable bonds is 9. The van der Waals surface area contributed by atoms with Gasteiger partial charge in [-0.05, 0) is 38.0 Å². The lowest BCUT2D eigenvalue weighted by Crippen LogP contribution is -2.32. The topological polar surface area (TPSA) is 90.0 Å². The molecule has 36 heavy (non-hydrogen) atoms. The van der Waals surface area contributed by atoms with Gasteiger partial charge in [-0.25, -0.2) is 15.0 Å². The summed E-state index contributed by atoms with van der Waals surface area (Å²) in [5, 5.41) is 9.19. The minimum atomic E-state index is -0.298. The number of nitrogens with zero attached hydrogens (tertiary/aromatic N) is 6. The number of imidazole rings is 1. The number of amides is 1. The van der Waals surface area contributed by atoms with E-state index in [0.717, 1.165) is 40.2 Å². The Bertz CT molecular complexity index is 1510. The standard InChI is InChI=1S/C27H29N7OS/c1-4-23(26(35)29-16-20-11-9-18(2)10-12-20)36-27-30-22-8-6-5-7-21(22)25-31-24(32-34(25)27)13-14-33-17-28-15-19(33)3/h5-12,15,17,23H,4,13-14,16H2,1-3H3,(H,29,35)/t23-/m0/s1. The molecule has 3 aromatic heterocycles. The van der Waals surface area contributed by atoms with Crippen LogP contribution in [0.5, 0.6) is 0 Å². The minimum Gasteiger partial charge on any atom is -0.351 e. The zero-order valence-electron chi connectivity index (χ0n) is 20.7. The predicted molar refractivity (Wildman–Crippen MR) is 142 cm³/mol. The molecule has 5 aromatic rings. The zero-order valence-corrected chi connectivity index (χ0v) is 21.5. The number of aryl methyl sites for hydroxylation is 4. The van der Waals surface area contributed by atoms with Crippen molar-refractivity contribution >= 4 is 34.2 Å². The lowest BCUT2D eigenvalue weighted by molar-refractivity contribution is -0.120. The fourth-order valence-corrected chi connectivity index (χ4v) is 5.04. The maximum Gasteiger partial charge on any atom is 0.233 e. The van der Waals surface area contributed by atoms with Crippen LogP contribution in [-0.2, 0) is 24.3 Å². The van der Waals surface area contributed by atoms with Crippen LogP contribution in [0.4, 0.5) is 0 Å². The van der Waals surface area contributed by atoms with Crippen LogP contribution >= 0.6 is 11.8 Å². The summed E-state index contributed by atoms with van der Waals surface area (Å²) in [5.41, 5.74) is 4.98. The second kappa shape index (κ2) is 10.5. The maximum absolute atomic E-state index is 13.1. The molecule has 0 aliphatic carbocycles. The molecule has 1 atom stereocenters. The van der Waals surface area contributed by atoms with Crippen LogP contribution in [0.3, 0.4) is 0 Å². The third-order valence-electron chi connectivity index (χ3n) is 6.19. The Kier molecular flexibility index (Phi) is 6.99. The Morgan fingerprint density at radius 1 is 1.08 bits per heavy atom. The van der Waals surface area contributed by atoms with Gasteiger partial charge in [0.15, 0.2) is 16.6 Å². The van der Waals surface area contributed by atoms with Gasteiger partial charge >= 0.3 is 0 Å². The van der Waals surface area contributed by atoms with Crippen LogP contribution in [0.1, 0.15) is 36.0 Å². The quantitative estimate of drug-likeness (QED) is 0.237. The molecule has 0 saturated heterocycles. The highest BCUT2D eigenvalue weighted by molar-refractivity contribution is 8.00. The number of benzene rings is 2. The molecule has 0 aliphatic heterocycles. The van der Waals surface area contributed by atoms with Crippen molar-refractivity contribution in [3.8, 4) is 0 Å². The summed E-state index contributed by atoms with van der Waals surface area (Å²) in [4.78, 5) is 27.0. The number of carbonyl (C=O) groups excluding carboxylic acids is 1. The number of hydrogen-bond donors (Lipinski definition) is 1. The average molecular weight is 500 g/mol. The van der Waals surface area contributed by atoms with Crippen molar-refractivity contribution in [1.82, 2.24) is 34.4 Å². The molecule has 2 aromatic carbocycles. The van der Waals surface area contributed by atoms with Gasteiger partial charge in [0.25, 0.3) is 0 Å². The van der Waals surface area contributed by atoms with Crippen LogP contribution in [-0.4, -0.2) is 40.3 Å². The largest absolute Gasteiger partial charge is 0.351 e. The Morgan fingerprint density at radius 2 is 1.89 bits per heavy atom. The average Bonchev–Trinajstić information content (AvgIpc) is 3.51. The van der Waals surface area contributed by atoms with Gasteiger partial charge in [-0.1, -0.05) is 60.6 Å². The van der Waals surface area contributed by atoms with Gasteiger partial charge in [0.2, 0.25) is 5.91 Å². The SMILES string of the molecule is CC[C@H](Sc1nc2ccccc2c2nc(CCn3cncc3C)nn12)C(=O)NCc1ccc(C)cc1. The summed E-state index contributed by atoms with van der Waals surface area (Å²) in [5.74, 6) is 0.724. The molecule has 3 heterocycles. The molecule has 1 N–H and O–H groups in total. The van der Waals surface area contributed by atoms with E-state index >= 15 is 0 Å². The number of hydrogen-bond acceptors (Lipinski definition) is 6. The molecule has 9 heteroatoms. The summed E-state index contributed by atoms with van der Waals surface area (Å²) in [6, 6.07) is 16.1. The molecule has 0 fully saturated rings. The minimum absolute atomic E-state index is 0.0119. The number of fused-ring (bicyclic) bond motifs is 3. The van der Waals surface area contributed by atoms with Crippen molar-refractivity contribution in [3.05, 3.63) is 83.7 Å². The van der Waals surface area contributed by atoms with Gasteiger partial charge < -0.3 is 9.88 Å². The van der Waals surface area contributed by atoms with E-state index in [0.29, 0.717) is 24.5 Å². The van der Waals surface area contributed by atoms with Gasteiger partial charge in [-0.15, -0.1) is 5.10 Å². The summed E-state index contributed by atoms with van der Waals surface area (Å²) in [7, 11) is 0. The first-order valence-electron chi connectivity index (χ1n) is 12.1. The lowest BCUT2D eigenvalue weighted by atomic mass is 10.1. The summed E-state index contributed by atoms with van der Waals surface area (Å²) in [6.07, 6.45) is 5.01. The second-order valence-corrected chi connectivity index (χ2v) is 10.0. The second-order valence-electron chi connectivity index (χ2n) is 8.87. The smallest absolute Gasteiger partial charge is 0.233 e. The number of para-hydroxylation sites is 1. The zero-order chi connectivity index (χ0) is 25.1. The molecule has 0 spiro atoms. The first-order valence-corrected chi connectivity index (χ1v) is 13.0. The molecule has 8 nitrogen and oxygen atoms in total. The molecule has 1 amide bonds. The van der Waals surface area contributed by atoms with E-state index < -0.39 is 0 Å². The van der Waals surface area contributed by atoms with Crippen LogP contribution in [0, 0.1) is 13.8 Å². The molecule has 184 valence electrons. The Hall–Kier alpha value is -3.72. The van der Waals surface area contributed by atoms with Crippen molar-refractivity contribution < 1.29 is 4.79 Å². The summed E-state index contributed by atoms with van der Waals surface area (Å²) >= 11 is 1.43.